The Morgan fingerprint density at radius 1 is 1.07 bits per heavy atom. The standard InChI is InChI=1S/C20H19FN6O/c21-16-5-2-9-23-17(16)20(6-3-7-20)13-26-19-24-10-14(11-25-19)18(28)27-15-4-1-8-22-12-15/h1-2,4-5,8-12H,3,6-7,13H2,(H,27,28)(H,24,25,26). The number of rotatable bonds is 6. The molecule has 7 nitrogen and oxygen atoms in total. The Bertz CT molecular complexity index is 960. The van der Waals surface area contributed by atoms with Crippen molar-refractivity contribution in [2.75, 3.05) is 17.2 Å². The van der Waals surface area contributed by atoms with Crippen molar-refractivity contribution in [3.63, 3.8) is 0 Å². The van der Waals surface area contributed by atoms with Gasteiger partial charge in [0.05, 0.1) is 23.1 Å². The molecule has 0 unspecified atom stereocenters. The summed E-state index contributed by atoms with van der Waals surface area (Å²) in [5.74, 6) is -0.210. The summed E-state index contributed by atoms with van der Waals surface area (Å²) < 4.78 is 14.2. The predicted octanol–water partition coefficient (Wildman–Crippen LogP) is 3.19. The first-order chi connectivity index (χ1) is 13.7. The van der Waals surface area contributed by atoms with Gasteiger partial charge in [0.25, 0.3) is 5.91 Å². The van der Waals surface area contributed by atoms with Gasteiger partial charge in [0.15, 0.2) is 0 Å². The van der Waals surface area contributed by atoms with E-state index in [9.17, 15) is 9.18 Å². The molecular formula is C20H19FN6O. The minimum atomic E-state index is -0.342. The van der Waals surface area contributed by atoms with Crippen LogP contribution in [0.15, 0.2) is 55.2 Å². The lowest BCUT2D eigenvalue weighted by Gasteiger charge is -2.41. The molecule has 0 radical (unpaired) electrons. The lowest BCUT2D eigenvalue weighted by molar-refractivity contribution is 0.102. The van der Waals surface area contributed by atoms with Crippen LogP contribution in [0.25, 0.3) is 0 Å². The molecule has 8 heteroatoms. The summed E-state index contributed by atoms with van der Waals surface area (Å²) in [4.78, 5) is 28.8. The highest BCUT2D eigenvalue weighted by atomic mass is 19.1. The molecule has 0 bridgehead atoms. The zero-order chi connectivity index (χ0) is 19.4. The summed E-state index contributed by atoms with van der Waals surface area (Å²) in [5, 5.41) is 5.89. The average Bonchev–Trinajstić information content (AvgIpc) is 2.69. The molecule has 142 valence electrons. The van der Waals surface area contributed by atoms with E-state index < -0.39 is 0 Å². The van der Waals surface area contributed by atoms with E-state index in [2.05, 4.69) is 30.6 Å². The summed E-state index contributed by atoms with van der Waals surface area (Å²) in [6.45, 7) is 0.488. The molecule has 1 aliphatic carbocycles. The van der Waals surface area contributed by atoms with Gasteiger partial charge in [-0.3, -0.25) is 14.8 Å². The molecule has 0 atom stereocenters. The van der Waals surface area contributed by atoms with Crippen LogP contribution >= 0.6 is 0 Å². The summed E-state index contributed by atoms with van der Waals surface area (Å²) in [7, 11) is 0. The number of pyridine rings is 2. The largest absolute Gasteiger partial charge is 0.353 e. The summed E-state index contributed by atoms with van der Waals surface area (Å²) >= 11 is 0. The van der Waals surface area contributed by atoms with Gasteiger partial charge in [0.1, 0.15) is 5.82 Å². The zero-order valence-electron chi connectivity index (χ0n) is 15.1. The fraction of sp³-hybridized carbons (Fsp3) is 0.250. The predicted molar refractivity (Wildman–Crippen MR) is 102 cm³/mol. The van der Waals surface area contributed by atoms with E-state index in [1.54, 1.807) is 36.8 Å². The van der Waals surface area contributed by atoms with E-state index in [-0.39, 0.29) is 17.1 Å². The monoisotopic (exact) mass is 378 g/mol. The summed E-state index contributed by atoms with van der Waals surface area (Å²) in [6.07, 6.45) is 10.5. The number of nitrogens with one attached hydrogen (secondary N) is 2. The Balaban J connectivity index is 1.41. The Morgan fingerprint density at radius 3 is 2.50 bits per heavy atom. The molecular weight excluding hydrogens is 359 g/mol. The lowest BCUT2D eigenvalue weighted by Crippen LogP contribution is -2.42. The molecule has 0 saturated heterocycles. The molecule has 0 aromatic carbocycles. The quantitative estimate of drug-likeness (QED) is 0.684. The van der Waals surface area contributed by atoms with Crippen LogP contribution in [0.1, 0.15) is 35.3 Å². The lowest BCUT2D eigenvalue weighted by atomic mass is 9.66. The van der Waals surface area contributed by atoms with Crippen molar-refractivity contribution >= 4 is 17.5 Å². The number of nitrogens with zero attached hydrogens (tertiary/aromatic N) is 4. The number of amides is 1. The van der Waals surface area contributed by atoms with Crippen LogP contribution in [0.2, 0.25) is 0 Å². The van der Waals surface area contributed by atoms with Gasteiger partial charge in [-0.2, -0.15) is 0 Å². The third-order valence-corrected chi connectivity index (χ3v) is 4.99. The highest BCUT2D eigenvalue weighted by Crippen LogP contribution is 2.43. The zero-order valence-corrected chi connectivity index (χ0v) is 15.1. The number of carbonyl (C=O) groups is 1. The van der Waals surface area contributed by atoms with Crippen LogP contribution < -0.4 is 10.6 Å². The SMILES string of the molecule is O=C(Nc1cccnc1)c1cnc(NCC2(c3ncccc3F)CCC2)nc1. The van der Waals surface area contributed by atoms with Gasteiger partial charge >= 0.3 is 0 Å². The molecule has 1 amide bonds. The molecule has 3 aromatic heterocycles. The minimum Gasteiger partial charge on any atom is -0.353 e. The molecule has 4 rings (SSSR count). The van der Waals surface area contributed by atoms with Crippen LogP contribution in [0.3, 0.4) is 0 Å². The molecule has 3 heterocycles. The number of aromatic nitrogens is 4. The topological polar surface area (TPSA) is 92.7 Å². The Kier molecular flexibility index (Phi) is 4.92. The highest BCUT2D eigenvalue weighted by molar-refractivity contribution is 6.03. The van der Waals surface area contributed by atoms with Crippen LogP contribution in [-0.4, -0.2) is 32.4 Å². The molecule has 1 aliphatic rings. The van der Waals surface area contributed by atoms with Crippen molar-refractivity contribution in [2.24, 2.45) is 0 Å². The number of halogens is 1. The maximum Gasteiger partial charge on any atom is 0.258 e. The van der Waals surface area contributed by atoms with E-state index in [0.717, 1.165) is 19.3 Å². The van der Waals surface area contributed by atoms with Gasteiger partial charge in [-0.1, -0.05) is 6.42 Å². The van der Waals surface area contributed by atoms with E-state index in [1.165, 1.54) is 18.5 Å². The molecule has 3 aromatic rings. The van der Waals surface area contributed by atoms with Crippen molar-refractivity contribution in [3.8, 4) is 0 Å². The Morgan fingerprint density at radius 2 is 1.86 bits per heavy atom. The Labute approximate surface area is 161 Å². The molecule has 0 aliphatic heterocycles. The van der Waals surface area contributed by atoms with Crippen LogP contribution in [-0.2, 0) is 5.41 Å². The normalized spacial score (nSPS) is 14.8. The molecule has 1 fully saturated rings. The fourth-order valence-corrected chi connectivity index (χ4v) is 3.30. The van der Waals surface area contributed by atoms with Gasteiger partial charge in [0, 0.05) is 36.7 Å². The molecule has 28 heavy (non-hydrogen) atoms. The second kappa shape index (κ2) is 7.67. The number of hydrogen-bond donors (Lipinski definition) is 2. The molecule has 0 spiro atoms. The average molecular weight is 378 g/mol. The van der Waals surface area contributed by atoms with Crippen molar-refractivity contribution in [2.45, 2.75) is 24.7 Å². The maximum atomic E-state index is 14.2. The minimum absolute atomic E-state index is 0.285. The van der Waals surface area contributed by atoms with Crippen molar-refractivity contribution in [1.82, 2.24) is 19.9 Å². The van der Waals surface area contributed by atoms with Gasteiger partial charge < -0.3 is 10.6 Å². The van der Waals surface area contributed by atoms with Gasteiger partial charge in [-0.05, 0) is 37.1 Å². The van der Waals surface area contributed by atoms with E-state index >= 15 is 0 Å². The van der Waals surface area contributed by atoms with Crippen LogP contribution in [0.5, 0.6) is 0 Å². The first-order valence-electron chi connectivity index (χ1n) is 9.05. The third-order valence-electron chi connectivity index (χ3n) is 4.99. The second-order valence-electron chi connectivity index (χ2n) is 6.81. The van der Waals surface area contributed by atoms with Crippen molar-refractivity contribution in [1.29, 1.82) is 0 Å². The third kappa shape index (κ3) is 3.66. The summed E-state index contributed by atoms with van der Waals surface area (Å²) in [5.41, 5.74) is 1.08. The van der Waals surface area contributed by atoms with E-state index in [4.69, 9.17) is 0 Å². The second-order valence-corrected chi connectivity index (χ2v) is 6.81. The Hall–Kier alpha value is -3.42. The molecule has 1 saturated carbocycles. The van der Waals surface area contributed by atoms with E-state index in [1.807, 2.05) is 0 Å². The van der Waals surface area contributed by atoms with Gasteiger partial charge in [-0.25, -0.2) is 14.4 Å². The first kappa shape index (κ1) is 18.0. The van der Waals surface area contributed by atoms with E-state index in [0.29, 0.717) is 29.4 Å². The van der Waals surface area contributed by atoms with Gasteiger partial charge in [0.2, 0.25) is 5.95 Å². The highest BCUT2D eigenvalue weighted by Gasteiger charge is 2.41. The molecule has 2 N–H and O–H groups in total. The summed E-state index contributed by atoms with van der Waals surface area (Å²) in [6, 6.07) is 6.52. The van der Waals surface area contributed by atoms with Crippen molar-refractivity contribution < 1.29 is 9.18 Å². The maximum absolute atomic E-state index is 14.2. The number of hydrogen-bond acceptors (Lipinski definition) is 6. The number of anilines is 2. The fourth-order valence-electron chi connectivity index (χ4n) is 3.30. The number of carbonyl (C=O) groups excluding carboxylic acids is 1. The van der Waals surface area contributed by atoms with Crippen LogP contribution in [0, 0.1) is 5.82 Å². The first-order valence-corrected chi connectivity index (χ1v) is 9.05. The van der Waals surface area contributed by atoms with Crippen molar-refractivity contribution in [3.05, 3.63) is 72.3 Å². The van der Waals surface area contributed by atoms with Crippen LogP contribution in [0.4, 0.5) is 16.0 Å². The smallest absolute Gasteiger partial charge is 0.258 e. The van der Waals surface area contributed by atoms with Gasteiger partial charge in [-0.15, -0.1) is 0 Å².